The second kappa shape index (κ2) is 9.78. The molecule has 0 aliphatic heterocycles. The van der Waals surface area contributed by atoms with Gasteiger partial charge in [-0.1, -0.05) is 24.2 Å². The molecule has 1 heterocycles. The Hall–Kier alpha value is -3.55. The van der Waals surface area contributed by atoms with E-state index >= 15 is 0 Å². The molecule has 1 amide bonds. The quantitative estimate of drug-likeness (QED) is 0.575. The number of nitrogens with one attached hydrogen (secondary N) is 1. The molecule has 1 atom stereocenters. The maximum Gasteiger partial charge on any atom is 0.261 e. The number of rotatable bonds is 9. The highest BCUT2D eigenvalue weighted by Gasteiger charge is 2.20. The third-order valence-electron chi connectivity index (χ3n) is 4.46. The summed E-state index contributed by atoms with van der Waals surface area (Å²) < 4.78 is 21.7. The molecule has 0 fully saturated rings. The van der Waals surface area contributed by atoms with E-state index in [9.17, 15) is 4.79 Å². The van der Waals surface area contributed by atoms with E-state index in [2.05, 4.69) is 15.5 Å². The van der Waals surface area contributed by atoms with Gasteiger partial charge in [0, 0.05) is 6.07 Å². The van der Waals surface area contributed by atoms with E-state index in [0.717, 1.165) is 5.56 Å². The van der Waals surface area contributed by atoms with Crippen LogP contribution in [-0.2, 0) is 11.3 Å². The molecule has 2 aromatic carbocycles. The van der Waals surface area contributed by atoms with E-state index in [0.29, 0.717) is 35.1 Å². The first-order valence-electron chi connectivity index (χ1n) is 9.60. The fourth-order valence-electron chi connectivity index (χ4n) is 2.87. The summed E-state index contributed by atoms with van der Waals surface area (Å²) in [6.45, 7) is 3.96. The van der Waals surface area contributed by atoms with Crippen molar-refractivity contribution in [1.29, 1.82) is 0 Å². The molecule has 1 aromatic heterocycles. The van der Waals surface area contributed by atoms with Crippen LogP contribution >= 0.6 is 0 Å². The molecule has 0 saturated carbocycles. The number of carbonyl (C=O) groups is 1. The lowest BCUT2D eigenvalue weighted by atomic mass is 10.2. The van der Waals surface area contributed by atoms with E-state index < -0.39 is 6.10 Å². The Bertz CT molecular complexity index is 1000. The van der Waals surface area contributed by atoms with Crippen LogP contribution in [0.1, 0.15) is 24.8 Å². The van der Waals surface area contributed by atoms with Crippen LogP contribution in [0, 0.1) is 6.92 Å². The van der Waals surface area contributed by atoms with Crippen molar-refractivity contribution in [1.82, 2.24) is 15.5 Å². The van der Waals surface area contributed by atoms with Crippen LogP contribution in [0.5, 0.6) is 17.2 Å². The van der Waals surface area contributed by atoms with Gasteiger partial charge in [0.2, 0.25) is 11.7 Å². The van der Waals surface area contributed by atoms with Crippen LogP contribution in [0.2, 0.25) is 0 Å². The highest BCUT2D eigenvalue weighted by atomic mass is 16.5. The predicted molar refractivity (Wildman–Crippen MR) is 111 cm³/mol. The van der Waals surface area contributed by atoms with Crippen molar-refractivity contribution in [3.05, 3.63) is 53.9 Å². The molecule has 0 saturated heterocycles. The Morgan fingerprint density at radius 2 is 1.97 bits per heavy atom. The largest absolute Gasteiger partial charge is 0.497 e. The Balaban J connectivity index is 1.64. The molecule has 8 heteroatoms. The number of hydrogen-bond donors (Lipinski definition) is 1. The predicted octanol–water partition coefficient (Wildman–Crippen LogP) is 3.54. The van der Waals surface area contributed by atoms with Crippen molar-refractivity contribution < 1.29 is 23.5 Å². The molecule has 1 N–H and O–H groups in total. The van der Waals surface area contributed by atoms with Crippen LogP contribution < -0.4 is 19.5 Å². The summed E-state index contributed by atoms with van der Waals surface area (Å²) in [7, 11) is 3.13. The maximum atomic E-state index is 12.5. The van der Waals surface area contributed by atoms with Gasteiger partial charge in [0.1, 0.15) is 17.2 Å². The summed E-state index contributed by atoms with van der Waals surface area (Å²) >= 11 is 0. The molecule has 8 nitrogen and oxygen atoms in total. The molecule has 0 unspecified atom stereocenters. The highest BCUT2D eigenvalue weighted by molar-refractivity contribution is 5.81. The monoisotopic (exact) mass is 411 g/mol. The van der Waals surface area contributed by atoms with Crippen LogP contribution in [0.3, 0.4) is 0 Å². The van der Waals surface area contributed by atoms with Crippen LogP contribution in [0.4, 0.5) is 0 Å². The van der Waals surface area contributed by atoms with Gasteiger partial charge in [0.15, 0.2) is 6.10 Å². The summed E-state index contributed by atoms with van der Waals surface area (Å²) in [6.07, 6.45) is -0.0892. The zero-order valence-electron chi connectivity index (χ0n) is 17.5. The lowest BCUT2D eigenvalue weighted by molar-refractivity contribution is -0.128. The second-order valence-electron chi connectivity index (χ2n) is 6.63. The Labute approximate surface area is 175 Å². The Morgan fingerprint density at radius 3 is 2.67 bits per heavy atom. The van der Waals surface area contributed by atoms with Crippen molar-refractivity contribution in [3.8, 4) is 28.6 Å². The summed E-state index contributed by atoms with van der Waals surface area (Å²) in [5.41, 5.74) is 1.73. The molecule has 3 rings (SSSR count). The van der Waals surface area contributed by atoms with Crippen molar-refractivity contribution in [2.24, 2.45) is 0 Å². The number of nitrogens with zero attached hydrogens (tertiary/aromatic N) is 2. The average molecular weight is 411 g/mol. The second-order valence-corrected chi connectivity index (χ2v) is 6.63. The highest BCUT2D eigenvalue weighted by Crippen LogP contribution is 2.31. The van der Waals surface area contributed by atoms with Gasteiger partial charge in [-0.2, -0.15) is 4.98 Å². The fourth-order valence-corrected chi connectivity index (χ4v) is 2.87. The van der Waals surface area contributed by atoms with Gasteiger partial charge < -0.3 is 24.1 Å². The number of carbonyl (C=O) groups excluding carboxylic acids is 1. The minimum absolute atomic E-state index is 0.0952. The number of aryl methyl sites for hydroxylation is 1. The summed E-state index contributed by atoms with van der Waals surface area (Å²) in [4.78, 5) is 16.9. The Morgan fingerprint density at radius 1 is 1.13 bits per heavy atom. The van der Waals surface area contributed by atoms with E-state index in [1.807, 2.05) is 38.1 Å². The van der Waals surface area contributed by atoms with Gasteiger partial charge >= 0.3 is 0 Å². The summed E-state index contributed by atoms with van der Waals surface area (Å²) in [5.74, 6) is 2.27. The van der Waals surface area contributed by atoms with Gasteiger partial charge in [0.05, 0.1) is 26.3 Å². The maximum absolute atomic E-state index is 12.5. The fraction of sp³-hybridized carbons (Fsp3) is 0.318. The molecule has 30 heavy (non-hydrogen) atoms. The molecular formula is C22H25N3O5. The number of aromatic nitrogens is 2. The minimum Gasteiger partial charge on any atom is -0.497 e. The SMILES string of the molecule is CC[C@@H](Oc1cccc(C)c1)C(=O)NCc1nc(-c2ccc(OC)cc2OC)no1. The lowest BCUT2D eigenvalue weighted by Gasteiger charge is -2.17. The number of benzene rings is 2. The van der Waals surface area contributed by atoms with Crippen LogP contribution in [-0.4, -0.2) is 36.4 Å². The van der Waals surface area contributed by atoms with Crippen molar-refractivity contribution in [3.63, 3.8) is 0 Å². The molecule has 0 bridgehead atoms. The third-order valence-corrected chi connectivity index (χ3v) is 4.46. The number of amides is 1. The number of ether oxygens (including phenoxy) is 3. The first-order valence-corrected chi connectivity index (χ1v) is 9.60. The molecule has 158 valence electrons. The van der Waals surface area contributed by atoms with Gasteiger partial charge in [-0.15, -0.1) is 0 Å². The van der Waals surface area contributed by atoms with Gasteiger partial charge in [-0.3, -0.25) is 4.79 Å². The standard InChI is InChI=1S/C22H25N3O5/c1-5-18(29-16-8-6-7-14(2)11-16)22(26)23-13-20-24-21(25-30-20)17-10-9-15(27-3)12-19(17)28-4/h6-12,18H,5,13H2,1-4H3,(H,23,26)/t18-/m1/s1. The van der Waals surface area contributed by atoms with Crippen LogP contribution in [0.15, 0.2) is 47.0 Å². The third kappa shape index (κ3) is 5.08. The summed E-state index contributed by atoms with van der Waals surface area (Å²) in [6, 6.07) is 12.9. The summed E-state index contributed by atoms with van der Waals surface area (Å²) in [5, 5.41) is 6.77. The van der Waals surface area contributed by atoms with Crippen molar-refractivity contribution >= 4 is 5.91 Å². The zero-order valence-corrected chi connectivity index (χ0v) is 17.5. The van der Waals surface area contributed by atoms with Crippen molar-refractivity contribution in [2.75, 3.05) is 14.2 Å². The first kappa shape index (κ1) is 21.2. The van der Waals surface area contributed by atoms with E-state index in [1.165, 1.54) is 0 Å². The molecule has 0 radical (unpaired) electrons. The zero-order chi connectivity index (χ0) is 21.5. The smallest absolute Gasteiger partial charge is 0.261 e. The lowest BCUT2D eigenvalue weighted by Crippen LogP contribution is -2.37. The van der Waals surface area contributed by atoms with Gasteiger partial charge in [-0.25, -0.2) is 0 Å². The molecule has 0 aliphatic rings. The van der Waals surface area contributed by atoms with Crippen LogP contribution in [0.25, 0.3) is 11.4 Å². The average Bonchev–Trinajstić information content (AvgIpc) is 3.24. The topological polar surface area (TPSA) is 95.7 Å². The Kier molecular flexibility index (Phi) is 6.90. The van der Waals surface area contributed by atoms with E-state index in [1.54, 1.807) is 32.4 Å². The molecule has 3 aromatic rings. The van der Waals surface area contributed by atoms with E-state index in [-0.39, 0.29) is 18.3 Å². The number of methoxy groups -OCH3 is 2. The van der Waals surface area contributed by atoms with Gasteiger partial charge in [-0.05, 0) is 43.2 Å². The van der Waals surface area contributed by atoms with E-state index in [4.69, 9.17) is 18.7 Å². The number of hydrogen-bond acceptors (Lipinski definition) is 7. The first-order chi connectivity index (χ1) is 14.5. The normalized spacial score (nSPS) is 11.6. The molecule has 0 spiro atoms. The van der Waals surface area contributed by atoms with Gasteiger partial charge in [0.25, 0.3) is 5.91 Å². The molecular weight excluding hydrogens is 386 g/mol. The van der Waals surface area contributed by atoms with Crippen molar-refractivity contribution in [2.45, 2.75) is 32.9 Å². The minimum atomic E-state index is -0.615. The molecule has 0 aliphatic carbocycles.